The Morgan fingerprint density at radius 2 is 1.96 bits per heavy atom. The van der Waals surface area contributed by atoms with Gasteiger partial charge in [0.2, 0.25) is 5.88 Å². The number of hydrogen-bond acceptors (Lipinski definition) is 5. The summed E-state index contributed by atoms with van der Waals surface area (Å²) >= 11 is 0. The van der Waals surface area contributed by atoms with Gasteiger partial charge >= 0.3 is 0 Å². The third-order valence-electron chi connectivity index (χ3n) is 4.61. The fourth-order valence-corrected chi connectivity index (χ4v) is 3.43. The molecule has 0 saturated carbocycles. The van der Waals surface area contributed by atoms with Crippen molar-refractivity contribution in [1.82, 2.24) is 4.98 Å². The molecule has 3 N–H and O–H groups in total. The van der Waals surface area contributed by atoms with Crippen molar-refractivity contribution in [3.63, 3.8) is 0 Å². The minimum absolute atomic E-state index is 0.0136. The number of aromatic amines is 1. The lowest BCUT2D eigenvalue weighted by molar-refractivity contribution is 0.340. The van der Waals surface area contributed by atoms with E-state index in [0.29, 0.717) is 23.4 Å². The third kappa shape index (κ3) is 2.70. The van der Waals surface area contributed by atoms with Gasteiger partial charge in [-0.3, -0.25) is 4.79 Å². The average Bonchev–Trinajstić information content (AvgIpc) is 2.68. The van der Waals surface area contributed by atoms with E-state index in [1.165, 1.54) is 0 Å². The molecule has 1 aliphatic rings. The minimum atomic E-state index is -0.609. The SMILES string of the molecule is CCOc1ccc(C2C(C#N)=C(N)Oc3c2c(=O)[nH]c2ccccc32)cc1. The molecule has 0 spiro atoms. The van der Waals surface area contributed by atoms with E-state index >= 15 is 0 Å². The first-order valence-electron chi connectivity index (χ1n) is 8.59. The molecule has 0 saturated heterocycles. The summed E-state index contributed by atoms with van der Waals surface area (Å²) in [6.45, 7) is 2.46. The Balaban J connectivity index is 1.97. The standard InChI is InChI=1S/C21H17N3O3/c1-2-26-13-9-7-12(8-10-13)17-15(11-22)20(23)27-19-14-5-3-4-6-16(14)24-21(25)18(17)19/h3-10,17H,2,23H2,1H3,(H,24,25). The first-order valence-corrected chi connectivity index (χ1v) is 8.59. The lowest BCUT2D eigenvalue weighted by Gasteiger charge is -2.26. The van der Waals surface area contributed by atoms with Crippen LogP contribution in [0.5, 0.6) is 11.5 Å². The number of ether oxygens (including phenoxy) is 2. The number of para-hydroxylation sites is 1. The molecule has 3 aromatic rings. The van der Waals surface area contributed by atoms with Crippen LogP contribution in [0.25, 0.3) is 10.9 Å². The van der Waals surface area contributed by atoms with Gasteiger partial charge in [0.05, 0.1) is 23.6 Å². The summed E-state index contributed by atoms with van der Waals surface area (Å²) in [6, 6.07) is 16.7. The number of pyridine rings is 1. The van der Waals surface area contributed by atoms with Crippen molar-refractivity contribution in [1.29, 1.82) is 5.26 Å². The normalized spacial score (nSPS) is 15.8. The number of aromatic nitrogens is 1. The van der Waals surface area contributed by atoms with Gasteiger partial charge in [0.1, 0.15) is 23.1 Å². The molecule has 1 aromatic heterocycles. The van der Waals surface area contributed by atoms with E-state index in [9.17, 15) is 10.1 Å². The van der Waals surface area contributed by atoms with Crippen molar-refractivity contribution in [2.75, 3.05) is 6.61 Å². The van der Waals surface area contributed by atoms with Crippen LogP contribution in [0.2, 0.25) is 0 Å². The summed E-state index contributed by atoms with van der Waals surface area (Å²) in [4.78, 5) is 15.7. The van der Waals surface area contributed by atoms with Crippen LogP contribution in [0.4, 0.5) is 0 Å². The Hall–Kier alpha value is -3.72. The van der Waals surface area contributed by atoms with Crippen LogP contribution in [0.15, 0.2) is 64.8 Å². The topological polar surface area (TPSA) is 101 Å². The van der Waals surface area contributed by atoms with Gasteiger partial charge in [0.15, 0.2) is 0 Å². The second-order valence-electron chi connectivity index (χ2n) is 6.17. The maximum atomic E-state index is 12.9. The molecule has 1 aliphatic heterocycles. The molecule has 4 rings (SSSR count). The first-order chi connectivity index (χ1) is 13.1. The number of nitrogens with two attached hydrogens (primary N) is 1. The molecule has 0 fully saturated rings. The second kappa shape index (κ2) is 6.54. The zero-order chi connectivity index (χ0) is 19.0. The lowest BCUT2D eigenvalue weighted by Crippen LogP contribution is -2.27. The Bertz CT molecular complexity index is 1150. The largest absolute Gasteiger partial charge is 0.494 e. The molecule has 27 heavy (non-hydrogen) atoms. The zero-order valence-corrected chi connectivity index (χ0v) is 14.7. The van der Waals surface area contributed by atoms with E-state index in [1.54, 1.807) is 6.07 Å². The number of nitrogens with one attached hydrogen (secondary N) is 1. The van der Waals surface area contributed by atoms with Crippen molar-refractivity contribution in [2.24, 2.45) is 5.73 Å². The Kier molecular flexibility index (Phi) is 4.05. The molecule has 0 bridgehead atoms. The molecule has 6 nitrogen and oxygen atoms in total. The molecule has 134 valence electrons. The number of allylic oxidation sites excluding steroid dienone is 1. The molecular formula is C21H17N3O3. The van der Waals surface area contributed by atoms with Crippen LogP contribution in [0, 0.1) is 11.3 Å². The molecule has 0 aliphatic carbocycles. The highest BCUT2D eigenvalue weighted by Gasteiger charge is 2.34. The number of benzene rings is 2. The highest BCUT2D eigenvalue weighted by molar-refractivity contribution is 5.87. The number of nitriles is 1. The van der Waals surface area contributed by atoms with Crippen LogP contribution in [0.3, 0.4) is 0 Å². The van der Waals surface area contributed by atoms with Crippen molar-refractivity contribution < 1.29 is 9.47 Å². The second-order valence-corrected chi connectivity index (χ2v) is 6.17. The maximum absolute atomic E-state index is 12.9. The number of fused-ring (bicyclic) bond motifs is 3. The van der Waals surface area contributed by atoms with Crippen LogP contribution in [-0.2, 0) is 0 Å². The Labute approximate surface area is 155 Å². The zero-order valence-electron chi connectivity index (χ0n) is 14.7. The summed E-state index contributed by atoms with van der Waals surface area (Å²) in [5.74, 6) is 0.517. The molecule has 1 atom stereocenters. The predicted molar refractivity (Wildman–Crippen MR) is 101 cm³/mol. The molecular weight excluding hydrogens is 342 g/mol. The number of rotatable bonds is 3. The summed E-state index contributed by atoms with van der Waals surface area (Å²) < 4.78 is 11.2. The van der Waals surface area contributed by atoms with E-state index in [1.807, 2.05) is 49.4 Å². The summed E-state index contributed by atoms with van der Waals surface area (Å²) in [5, 5.41) is 10.4. The average molecular weight is 359 g/mol. The van der Waals surface area contributed by atoms with Crippen molar-refractivity contribution >= 4 is 10.9 Å². The number of H-pyrrole nitrogens is 1. The van der Waals surface area contributed by atoms with Crippen molar-refractivity contribution in [2.45, 2.75) is 12.8 Å². The quantitative estimate of drug-likeness (QED) is 0.748. The summed E-state index contributed by atoms with van der Waals surface area (Å²) in [7, 11) is 0. The minimum Gasteiger partial charge on any atom is -0.494 e. The monoisotopic (exact) mass is 359 g/mol. The smallest absolute Gasteiger partial charge is 0.256 e. The highest BCUT2D eigenvalue weighted by Crippen LogP contribution is 2.43. The molecule has 1 unspecified atom stereocenters. The first kappa shape index (κ1) is 16.7. The van der Waals surface area contributed by atoms with Crippen LogP contribution in [0.1, 0.15) is 24.0 Å². The number of hydrogen-bond donors (Lipinski definition) is 2. The van der Waals surface area contributed by atoms with Gasteiger partial charge in [0, 0.05) is 5.39 Å². The maximum Gasteiger partial charge on any atom is 0.256 e. The van der Waals surface area contributed by atoms with E-state index in [4.69, 9.17) is 15.2 Å². The predicted octanol–water partition coefficient (Wildman–Crippen LogP) is 3.14. The van der Waals surface area contributed by atoms with Crippen LogP contribution in [-0.4, -0.2) is 11.6 Å². The van der Waals surface area contributed by atoms with Gasteiger partial charge in [-0.25, -0.2) is 0 Å². The van der Waals surface area contributed by atoms with Crippen molar-refractivity contribution in [3.05, 3.63) is 81.5 Å². The van der Waals surface area contributed by atoms with Gasteiger partial charge < -0.3 is 20.2 Å². The highest BCUT2D eigenvalue weighted by atomic mass is 16.5. The fourth-order valence-electron chi connectivity index (χ4n) is 3.43. The van der Waals surface area contributed by atoms with E-state index in [0.717, 1.165) is 16.7 Å². The van der Waals surface area contributed by atoms with Gasteiger partial charge in [-0.15, -0.1) is 0 Å². The van der Waals surface area contributed by atoms with Gasteiger partial charge in [-0.05, 0) is 36.8 Å². The summed E-state index contributed by atoms with van der Waals surface area (Å²) in [5.41, 5.74) is 7.76. The molecule has 0 amide bonds. The lowest BCUT2D eigenvalue weighted by atomic mass is 9.83. The molecule has 2 heterocycles. The van der Waals surface area contributed by atoms with Gasteiger partial charge in [0.25, 0.3) is 5.56 Å². The molecule has 6 heteroatoms. The van der Waals surface area contributed by atoms with Crippen LogP contribution < -0.4 is 20.8 Å². The Morgan fingerprint density at radius 1 is 1.22 bits per heavy atom. The van der Waals surface area contributed by atoms with Gasteiger partial charge in [-0.2, -0.15) is 5.26 Å². The van der Waals surface area contributed by atoms with Gasteiger partial charge in [-0.1, -0.05) is 24.3 Å². The number of nitrogens with zero attached hydrogens (tertiary/aromatic N) is 1. The van der Waals surface area contributed by atoms with E-state index in [-0.39, 0.29) is 17.0 Å². The molecule has 2 aromatic carbocycles. The van der Waals surface area contributed by atoms with Crippen LogP contribution >= 0.6 is 0 Å². The van der Waals surface area contributed by atoms with E-state index < -0.39 is 5.92 Å². The third-order valence-corrected chi connectivity index (χ3v) is 4.61. The van der Waals surface area contributed by atoms with Crippen molar-refractivity contribution in [3.8, 4) is 17.6 Å². The summed E-state index contributed by atoms with van der Waals surface area (Å²) in [6.07, 6.45) is 0. The Morgan fingerprint density at radius 3 is 2.67 bits per heavy atom. The molecule has 0 radical (unpaired) electrons. The fraction of sp³-hybridized carbons (Fsp3) is 0.143. The van der Waals surface area contributed by atoms with E-state index in [2.05, 4.69) is 11.1 Å².